The predicted molar refractivity (Wildman–Crippen MR) is 146 cm³/mol. The van der Waals surface area contributed by atoms with E-state index in [2.05, 4.69) is 6.07 Å². The van der Waals surface area contributed by atoms with Gasteiger partial charge in [-0.2, -0.15) is 0 Å². The van der Waals surface area contributed by atoms with E-state index in [9.17, 15) is 4.79 Å². The molecule has 0 aromatic heterocycles. The number of benzene rings is 3. The summed E-state index contributed by atoms with van der Waals surface area (Å²) < 4.78 is 38.2. The highest BCUT2D eigenvalue weighted by Gasteiger charge is 2.41. The number of methoxy groups -OCH3 is 1. The molecule has 2 unspecified atom stereocenters. The Hall–Kier alpha value is -3.16. The third kappa shape index (κ3) is 5.79. The Morgan fingerprint density at radius 2 is 1.87 bits per heavy atom. The van der Waals surface area contributed by atoms with E-state index in [-0.39, 0.29) is 33.6 Å². The van der Waals surface area contributed by atoms with E-state index < -0.39 is 18.0 Å². The smallest absolute Gasteiger partial charge is 0.358 e. The molecule has 3 aromatic rings. The van der Waals surface area contributed by atoms with Gasteiger partial charge in [0.05, 0.1) is 13.0 Å². The second-order valence-corrected chi connectivity index (χ2v) is 10.5. The Labute approximate surface area is 231 Å². The maximum atomic E-state index is 15.1. The van der Waals surface area contributed by atoms with Crippen LogP contribution >= 0.6 is 23.8 Å². The molecule has 3 aromatic carbocycles. The normalized spacial score (nSPS) is 18.5. The van der Waals surface area contributed by atoms with Crippen LogP contribution in [0, 0.1) is 17.7 Å². The Bertz CT molecular complexity index is 1330. The summed E-state index contributed by atoms with van der Waals surface area (Å²) in [6, 6.07) is 19.5. The summed E-state index contributed by atoms with van der Waals surface area (Å²) in [5.41, 5.74) is 2.27. The monoisotopic (exact) mass is 554 g/mol. The zero-order valence-electron chi connectivity index (χ0n) is 21.1. The van der Waals surface area contributed by atoms with Gasteiger partial charge in [-0.3, -0.25) is 4.79 Å². The molecule has 0 amide bonds. The SMILES string of the molecule is COC(=O)[C@@H](C)[C@H](c1ccc2c(c1)OC(C(OC(=S)Oc1ccccc1)c1ccc(Cl)cc1F)C2)C1CC1. The van der Waals surface area contributed by atoms with Gasteiger partial charge in [0, 0.05) is 29.2 Å². The highest BCUT2D eigenvalue weighted by Crippen LogP contribution is 2.48. The number of halogens is 2. The van der Waals surface area contributed by atoms with Crippen molar-refractivity contribution in [3.05, 3.63) is 94.3 Å². The molecule has 198 valence electrons. The second-order valence-electron chi connectivity index (χ2n) is 9.77. The predicted octanol–water partition coefficient (Wildman–Crippen LogP) is 7.21. The molecule has 1 fully saturated rings. The molecule has 0 radical (unpaired) electrons. The van der Waals surface area contributed by atoms with Crippen LogP contribution in [-0.2, 0) is 20.7 Å². The molecule has 5 nitrogen and oxygen atoms in total. The molecule has 1 aliphatic heterocycles. The molecule has 0 saturated heterocycles. The maximum absolute atomic E-state index is 15.1. The minimum atomic E-state index is -0.882. The first-order valence-corrected chi connectivity index (χ1v) is 13.4. The zero-order valence-corrected chi connectivity index (χ0v) is 22.6. The van der Waals surface area contributed by atoms with Crippen molar-refractivity contribution in [1.82, 2.24) is 0 Å². The number of hydrogen-bond donors (Lipinski definition) is 0. The number of ether oxygens (including phenoxy) is 4. The lowest BCUT2D eigenvalue weighted by Gasteiger charge is -2.25. The van der Waals surface area contributed by atoms with Crippen LogP contribution in [0.3, 0.4) is 0 Å². The van der Waals surface area contributed by atoms with Gasteiger partial charge in [0.25, 0.3) is 0 Å². The molecular weight excluding hydrogens is 527 g/mol. The summed E-state index contributed by atoms with van der Waals surface area (Å²) in [5, 5.41) is 0.135. The Balaban J connectivity index is 1.40. The van der Waals surface area contributed by atoms with Crippen molar-refractivity contribution in [2.24, 2.45) is 11.8 Å². The van der Waals surface area contributed by atoms with Crippen LogP contribution < -0.4 is 9.47 Å². The number of carbonyl (C=O) groups excluding carboxylic acids is 1. The van der Waals surface area contributed by atoms with E-state index in [0.29, 0.717) is 23.8 Å². The summed E-state index contributed by atoms with van der Waals surface area (Å²) in [4.78, 5) is 12.3. The van der Waals surface area contributed by atoms with E-state index in [1.807, 2.05) is 37.3 Å². The van der Waals surface area contributed by atoms with Crippen molar-refractivity contribution in [2.75, 3.05) is 7.11 Å². The number of hydrogen-bond acceptors (Lipinski definition) is 6. The lowest BCUT2D eigenvalue weighted by molar-refractivity contribution is -0.145. The van der Waals surface area contributed by atoms with Crippen LogP contribution in [0.1, 0.15) is 48.5 Å². The molecule has 1 heterocycles. The van der Waals surface area contributed by atoms with Crippen LogP contribution in [0.5, 0.6) is 11.5 Å². The van der Waals surface area contributed by atoms with Crippen molar-refractivity contribution in [3.8, 4) is 11.5 Å². The van der Waals surface area contributed by atoms with Gasteiger partial charge in [-0.15, -0.1) is 0 Å². The quantitative estimate of drug-likeness (QED) is 0.217. The lowest BCUT2D eigenvalue weighted by atomic mass is 9.83. The topological polar surface area (TPSA) is 54.0 Å². The third-order valence-corrected chi connectivity index (χ3v) is 7.61. The Kier molecular flexibility index (Phi) is 7.86. The minimum absolute atomic E-state index is 0.0445. The van der Waals surface area contributed by atoms with Gasteiger partial charge in [-0.1, -0.05) is 54.9 Å². The first-order valence-electron chi connectivity index (χ1n) is 12.6. The third-order valence-electron chi connectivity index (χ3n) is 7.19. The first-order chi connectivity index (χ1) is 18.3. The van der Waals surface area contributed by atoms with Crippen LogP contribution in [0.2, 0.25) is 5.02 Å². The largest absolute Gasteiger partial charge is 0.486 e. The molecule has 5 rings (SSSR count). The molecule has 0 N–H and O–H groups in total. The van der Waals surface area contributed by atoms with E-state index >= 15 is 4.39 Å². The van der Waals surface area contributed by atoms with Gasteiger partial charge in [0.15, 0.2) is 6.10 Å². The van der Waals surface area contributed by atoms with Gasteiger partial charge in [0.2, 0.25) is 0 Å². The fourth-order valence-electron chi connectivity index (χ4n) is 5.19. The highest BCUT2D eigenvalue weighted by molar-refractivity contribution is 7.79. The van der Waals surface area contributed by atoms with Crippen molar-refractivity contribution < 1.29 is 28.1 Å². The van der Waals surface area contributed by atoms with E-state index in [4.69, 9.17) is 42.8 Å². The van der Waals surface area contributed by atoms with Crippen molar-refractivity contribution in [3.63, 3.8) is 0 Å². The molecule has 2 aliphatic rings. The van der Waals surface area contributed by atoms with E-state index in [1.165, 1.54) is 13.2 Å². The summed E-state index contributed by atoms with van der Waals surface area (Å²) in [6.45, 7) is 1.91. The van der Waals surface area contributed by atoms with Crippen molar-refractivity contribution in [2.45, 2.75) is 44.3 Å². The van der Waals surface area contributed by atoms with Gasteiger partial charge in [0.1, 0.15) is 23.4 Å². The van der Waals surface area contributed by atoms with Gasteiger partial charge in [-0.05, 0) is 66.1 Å². The summed E-state index contributed by atoms with van der Waals surface area (Å²) >= 11 is 11.4. The van der Waals surface area contributed by atoms with Crippen LogP contribution in [0.25, 0.3) is 0 Å². The molecule has 38 heavy (non-hydrogen) atoms. The van der Waals surface area contributed by atoms with Gasteiger partial charge < -0.3 is 18.9 Å². The molecule has 0 spiro atoms. The summed E-state index contributed by atoms with van der Waals surface area (Å²) in [7, 11) is 1.42. The minimum Gasteiger partial charge on any atom is -0.486 e. The van der Waals surface area contributed by atoms with Crippen LogP contribution in [0.4, 0.5) is 4.39 Å². The van der Waals surface area contributed by atoms with Crippen molar-refractivity contribution >= 4 is 35.0 Å². The number of fused-ring (bicyclic) bond motifs is 1. The number of thiocarbonyl (C=S) groups is 1. The van der Waals surface area contributed by atoms with E-state index in [0.717, 1.165) is 24.0 Å². The van der Waals surface area contributed by atoms with Gasteiger partial charge in [-0.25, -0.2) is 4.39 Å². The fraction of sp³-hybridized carbons (Fsp3) is 0.333. The molecule has 1 aliphatic carbocycles. The maximum Gasteiger partial charge on any atom is 0.358 e. The standard InChI is InChI=1S/C30H28ClFO5S/c1-17(29(33)34-2)27(18-8-9-18)20-11-10-19-14-26(36-25(19)15-20)28(23-13-12-21(31)16-24(23)32)37-30(38)35-22-6-4-3-5-7-22/h3-7,10-13,15-18,26-28H,8-9,14H2,1-2H3/t17-,26?,27-,28?/m0/s1. The molecule has 8 heteroatoms. The van der Waals surface area contributed by atoms with E-state index in [1.54, 1.807) is 24.3 Å². The van der Waals surface area contributed by atoms with Crippen molar-refractivity contribution in [1.29, 1.82) is 0 Å². The Morgan fingerprint density at radius 1 is 1.11 bits per heavy atom. The Morgan fingerprint density at radius 3 is 2.55 bits per heavy atom. The molecule has 0 bridgehead atoms. The fourth-order valence-corrected chi connectivity index (χ4v) is 5.55. The number of para-hydroxylation sites is 1. The molecule has 1 saturated carbocycles. The zero-order chi connectivity index (χ0) is 26.8. The summed E-state index contributed by atoms with van der Waals surface area (Å²) in [5.74, 6) is 0.668. The summed E-state index contributed by atoms with van der Waals surface area (Å²) in [6.07, 6.45) is 1.20. The molecule has 4 atom stereocenters. The first kappa shape index (κ1) is 26.4. The average Bonchev–Trinajstić information content (AvgIpc) is 3.65. The molecular formula is C30H28ClFO5S. The number of esters is 1. The van der Waals surface area contributed by atoms with Crippen LogP contribution in [0.15, 0.2) is 66.7 Å². The highest BCUT2D eigenvalue weighted by atomic mass is 35.5. The van der Waals surface area contributed by atoms with Gasteiger partial charge >= 0.3 is 11.2 Å². The average molecular weight is 555 g/mol. The lowest BCUT2D eigenvalue weighted by Crippen LogP contribution is -2.29. The number of carbonyl (C=O) groups is 1. The van der Waals surface area contributed by atoms with Crippen LogP contribution in [-0.4, -0.2) is 24.4 Å². The second kappa shape index (κ2) is 11.3. The number of rotatable bonds is 8.